The van der Waals surface area contributed by atoms with Gasteiger partial charge in [0.1, 0.15) is 0 Å². The fourth-order valence-electron chi connectivity index (χ4n) is 3.15. The van der Waals surface area contributed by atoms with Crippen LogP contribution < -0.4 is 5.32 Å². The number of hydrogen-bond donors (Lipinski definition) is 1. The Morgan fingerprint density at radius 3 is 2.38 bits per heavy atom. The second-order valence-corrected chi connectivity index (χ2v) is 7.96. The van der Waals surface area contributed by atoms with E-state index in [2.05, 4.69) is 47.2 Å². The van der Waals surface area contributed by atoms with Gasteiger partial charge < -0.3 is 10.2 Å². The van der Waals surface area contributed by atoms with Gasteiger partial charge in [-0.25, -0.2) is 0 Å². The molecule has 0 bridgehead atoms. The lowest BCUT2D eigenvalue weighted by Gasteiger charge is -2.36. The maximum absolute atomic E-state index is 6.11. The van der Waals surface area contributed by atoms with Gasteiger partial charge in [0.25, 0.3) is 0 Å². The first kappa shape index (κ1) is 19.4. The SMILES string of the molecule is Cc1ccc(NC(=S)N2CCN(Cc3ccc(Cl)c(Cl)c3)CC2)c(C)c1. The van der Waals surface area contributed by atoms with Gasteiger partial charge in [-0.3, -0.25) is 4.90 Å². The van der Waals surface area contributed by atoms with Crippen LogP contribution in [0.1, 0.15) is 16.7 Å². The fraction of sp³-hybridized carbons (Fsp3) is 0.350. The Kier molecular flexibility index (Phi) is 6.41. The normalized spacial score (nSPS) is 15.2. The molecule has 0 atom stereocenters. The van der Waals surface area contributed by atoms with Gasteiger partial charge in [0.05, 0.1) is 10.0 Å². The maximum Gasteiger partial charge on any atom is 0.173 e. The van der Waals surface area contributed by atoms with Crippen LogP contribution in [0.15, 0.2) is 36.4 Å². The van der Waals surface area contributed by atoms with E-state index in [4.69, 9.17) is 35.4 Å². The molecule has 26 heavy (non-hydrogen) atoms. The Hall–Kier alpha value is -1.33. The first-order chi connectivity index (χ1) is 12.4. The molecule has 2 aromatic rings. The second-order valence-electron chi connectivity index (χ2n) is 6.76. The van der Waals surface area contributed by atoms with Crippen molar-refractivity contribution >= 4 is 46.2 Å². The number of thiocarbonyl (C=S) groups is 1. The molecule has 0 amide bonds. The van der Waals surface area contributed by atoms with Gasteiger partial charge in [0, 0.05) is 38.4 Å². The van der Waals surface area contributed by atoms with Crippen molar-refractivity contribution in [2.75, 3.05) is 31.5 Å². The molecule has 0 aliphatic carbocycles. The smallest absolute Gasteiger partial charge is 0.173 e. The van der Waals surface area contributed by atoms with Crippen LogP contribution in [0, 0.1) is 13.8 Å². The van der Waals surface area contributed by atoms with Crippen LogP contribution in [-0.2, 0) is 6.54 Å². The third kappa shape index (κ3) is 4.89. The Labute approximate surface area is 170 Å². The average molecular weight is 408 g/mol. The summed E-state index contributed by atoms with van der Waals surface area (Å²) in [4.78, 5) is 4.65. The van der Waals surface area contributed by atoms with E-state index in [1.54, 1.807) is 0 Å². The lowest BCUT2D eigenvalue weighted by Crippen LogP contribution is -2.49. The van der Waals surface area contributed by atoms with Gasteiger partial charge in [0.15, 0.2) is 5.11 Å². The highest BCUT2D eigenvalue weighted by Crippen LogP contribution is 2.23. The molecule has 0 radical (unpaired) electrons. The van der Waals surface area contributed by atoms with E-state index in [1.165, 1.54) is 16.7 Å². The molecule has 3 rings (SSSR count). The molecule has 3 nitrogen and oxygen atoms in total. The van der Waals surface area contributed by atoms with Crippen molar-refractivity contribution in [3.05, 3.63) is 63.1 Å². The Morgan fingerprint density at radius 2 is 1.73 bits per heavy atom. The van der Waals surface area contributed by atoms with E-state index in [-0.39, 0.29) is 0 Å². The van der Waals surface area contributed by atoms with Gasteiger partial charge in [-0.15, -0.1) is 0 Å². The molecule has 1 aliphatic rings. The molecule has 0 spiro atoms. The van der Waals surface area contributed by atoms with E-state index < -0.39 is 0 Å². The zero-order valence-electron chi connectivity index (χ0n) is 15.1. The van der Waals surface area contributed by atoms with Crippen LogP contribution >= 0.6 is 35.4 Å². The van der Waals surface area contributed by atoms with Crippen LogP contribution in [0.3, 0.4) is 0 Å². The lowest BCUT2D eigenvalue weighted by molar-refractivity contribution is 0.177. The molecule has 138 valence electrons. The Morgan fingerprint density at radius 1 is 1.00 bits per heavy atom. The average Bonchev–Trinajstić information content (AvgIpc) is 2.61. The summed E-state index contributed by atoms with van der Waals surface area (Å²) in [5.74, 6) is 0. The zero-order chi connectivity index (χ0) is 18.7. The third-order valence-corrected chi connectivity index (χ3v) is 5.77. The number of anilines is 1. The summed E-state index contributed by atoms with van der Waals surface area (Å²) in [5.41, 5.74) is 4.74. The van der Waals surface area contributed by atoms with Crippen molar-refractivity contribution in [1.29, 1.82) is 0 Å². The quantitative estimate of drug-likeness (QED) is 0.710. The van der Waals surface area contributed by atoms with E-state index in [0.29, 0.717) is 10.0 Å². The second kappa shape index (κ2) is 8.57. The highest BCUT2D eigenvalue weighted by Gasteiger charge is 2.19. The summed E-state index contributed by atoms with van der Waals surface area (Å²) in [7, 11) is 0. The molecule has 0 unspecified atom stereocenters. The van der Waals surface area contributed by atoms with Crippen LogP contribution in [0.4, 0.5) is 5.69 Å². The molecule has 1 N–H and O–H groups in total. The summed E-state index contributed by atoms with van der Waals surface area (Å²) in [6.07, 6.45) is 0. The molecule has 0 saturated carbocycles. The van der Waals surface area contributed by atoms with E-state index in [9.17, 15) is 0 Å². The minimum atomic E-state index is 0.600. The predicted octanol–water partition coefficient (Wildman–Crippen LogP) is 5.12. The monoisotopic (exact) mass is 407 g/mol. The topological polar surface area (TPSA) is 18.5 Å². The number of rotatable bonds is 3. The Bertz CT molecular complexity index is 802. The molecule has 2 aromatic carbocycles. The zero-order valence-corrected chi connectivity index (χ0v) is 17.4. The first-order valence-electron chi connectivity index (χ1n) is 8.72. The van der Waals surface area contributed by atoms with Crippen LogP contribution in [0.2, 0.25) is 10.0 Å². The lowest BCUT2D eigenvalue weighted by atomic mass is 10.1. The first-order valence-corrected chi connectivity index (χ1v) is 9.88. The van der Waals surface area contributed by atoms with Crippen molar-refractivity contribution in [2.45, 2.75) is 20.4 Å². The number of aryl methyl sites for hydroxylation is 2. The van der Waals surface area contributed by atoms with E-state index in [0.717, 1.165) is 43.5 Å². The molecule has 1 heterocycles. The molecular weight excluding hydrogens is 385 g/mol. The van der Waals surface area contributed by atoms with Gasteiger partial charge in [-0.05, 0) is 55.4 Å². The predicted molar refractivity (Wildman–Crippen MR) is 115 cm³/mol. The Balaban J connectivity index is 1.52. The van der Waals surface area contributed by atoms with Gasteiger partial charge in [0.2, 0.25) is 0 Å². The largest absolute Gasteiger partial charge is 0.346 e. The van der Waals surface area contributed by atoms with Crippen LogP contribution in [0.25, 0.3) is 0 Å². The van der Waals surface area contributed by atoms with Crippen molar-refractivity contribution in [3.8, 4) is 0 Å². The summed E-state index contributed by atoms with van der Waals surface area (Å²) in [6.45, 7) is 8.84. The summed E-state index contributed by atoms with van der Waals surface area (Å²) in [6, 6.07) is 12.2. The van der Waals surface area contributed by atoms with Crippen molar-refractivity contribution < 1.29 is 0 Å². The molecule has 6 heteroatoms. The number of halogens is 2. The number of benzene rings is 2. The number of piperazine rings is 1. The van der Waals surface area contributed by atoms with Gasteiger partial charge >= 0.3 is 0 Å². The highest BCUT2D eigenvalue weighted by molar-refractivity contribution is 7.80. The van der Waals surface area contributed by atoms with Crippen LogP contribution in [-0.4, -0.2) is 41.1 Å². The number of nitrogens with zero attached hydrogens (tertiary/aromatic N) is 2. The van der Waals surface area contributed by atoms with Crippen LogP contribution in [0.5, 0.6) is 0 Å². The van der Waals surface area contributed by atoms with E-state index in [1.807, 2.05) is 18.2 Å². The summed E-state index contributed by atoms with van der Waals surface area (Å²) < 4.78 is 0. The van der Waals surface area contributed by atoms with Gasteiger partial charge in [-0.2, -0.15) is 0 Å². The van der Waals surface area contributed by atoms with Crippen molar-refractivity contribution in [1.82, 2.24) is 9.80 Å². The third-order valence-electron chi connectivity index (χ3n) is 4.67. The molecule has 1 aliphatic heterocycles. The van der Waals surface area contributed by atoms with E-state index >= 15 is 0 Å². The molecule has 0 aromatic heterocycles. The van der Waals surface area contributed by atoms with Crippen molar-refractivity contribution in [3.63, 3.8) is 0 Å². The summed E-state index contributed by atoms with van der Waals surface area (Å²) in [5, 5.41) is 5.40. The van der Waals surface area contributed by atoms with Gasteiger partial charge in [-0.1, -0.05) is 47.0 Å². The summed E-state index contributed by atoms with van der Waals surface area (Å²) >= 11 is 17.7. The number of hydrogen-bond acceptors (Lipinski definition) is 2. The molecular formula is C20H23Cl2N3S. The standard InChI is InChI=1S/C20H23Cl2N3S/c1-14-3-6-19(15(2)11-14)23-20(26)25-9-7-24(8-10-25)13-16-4-5-17(21)18(22)12-16/h3-6,11-12H,7-10,13H2,1-2H3,(H,23,26). The molecule has 1 saturated heterocycles. The minimum absolute atomic E-state index is 0.600. The number of nitrogens with one attached hydrogen (secondary N) is 1. The maximum atomic E-state index is 6.11. The fourth-order valence-corrected chi connectivity index (χ4v) is 3.77. The molecule has 1 fully saturated rings. The minimum Gasteiger partial charge on any atom is -0.346 e. The van der Waals surface area contributed by atoms with Crippen molar-refractivity contribution in [2.24, 2.45) is 0 Å². The highest BCUT2D eigenvalue weighted by atomic mass is 35.5.